The highest BCUT2D eigenvalue weighted by Gasteiger charge is 2.25. The van der Waals surface area contributed by atoms with Crippen LogP contribution in [0.2, 0.25) is 0 Å². The first-order chi connectivity index (χ1) is 11.1. The van der Waals surface area contributed by atoms with Crippen LogP contribution in [0.5, 0.6) is 0 Å². The van der Waals surface area contributed by atoms with Crippen LogP contribution in [0.4, 0.5) is 16.4 Å². The van der Waals surface area contributed by atoms with Gasteiger partial charge in [-0.05, 0) is 31.0 Å². The molecule has 1 saturated carbocycles. The Bertz CT molecular complexity index is 912. The number of anilines is 2. The van der Waals surface area contributed by atoms with Crippen molar-refractivity contribution in [1.82, 2.24) is 19.9 Å². The van der Waals surface area contributed by atoms with Crippen molar-refractivity contribution in [2.24, 2.45) is 0 Å². The van der Waals surface area contributed by atoms with Crippen LogP contribution in [0.1, 0.15) is 12.8 Å². The Kier molecular flexibility index (Phi) is 2.94. The summed E-state index contributed by atoms with van der Waals surface area (Å²) in [6.07, 6.45) is 3.49. The number of nitrogens with two attached hydrogens (primary N) is 2. The lowest BCUT2D eigenvalue weighted by atomic mass is 10.1. The van der Waals surface area contributed by atoms with E-state index in [1.165, 1.54) is 10.9 Å². The van der Waals surface area contributed by atoms with Gasteiger partial charge in [-0.15, -0.1) is 0 Å². The number of rotatable bonds is 2. The number of carbonyl (C=O) groups is 1. The lowest BCUT2D eigenvalue weighted by Crippen LogP contribution is -2.30. The molecule has 5 N–H and O–H groups in total. The first-order valence-electron chi connectivity index (χ1n) is 7.41. The first-order valence-corrected chi connectivity index (χ1v) is 7.41. The van der Waals surface area contributed by atoms with Gasteiger partial charge in [0, 0.05) is 23.1 Å². The molecule has 1 fully saturated rings. The number of aromatic nitrogens is 3. The van der Waals surface area contributed by atoms with Crippen LogP contribution >= 0.6 is 0 Å². The number of nitrogens with zero attached hydrogens (tertiary/aromatic N) is 3. The number of benzene rings is 1. The highest BCUT2D eigenvalue weighted by Crippen LogP contribution is 2.28. The Morgan fingerprint density at radius 2 is 2.00 bits per heavy atom. The molecule has 0 aliphatic heterocycles. The van der Waals surface area contributed by atoms with Gasteiger partial charge in [0.05, 0.1) is 11.2 Å². The first kappa shape index (κ1) is 13.6. The van der Waals surface area contributed by atoms with Crippen LogP contribution in [-0.2, 0) is 0 Å². The smallest absolute Gasteiger partial charge is 0.327 e. The topological polar surface area (TPSA) is 112 Å². The molecule has 2 aromatic heterocycles. The number of hydrogen-bond donors (Lipinski definition) is 3. The molecule has 2 heterocycles. The zero-order valence-electron chi connectivity index (χ0n) is 12.4. The maximum Gasteiger partial charge on any atom is 0.327 e. The molecule has 3 aromatic rings. The zero-order valence-corrected chi connectivity index (χ0v) is 12.4. The van der Waals surface area contributed by atoms with Crippen molar-refractivity contribution in [3.05, 3.63) is 36.7 Å². The Labute approximate surface area is 132 Å². The molecule has 1 aliphatic carbocycles. The molecule has 7 heteroatoms. The van der Waals surface area contributed by atoms with Crippen molar-refractivity contribution in [2.75, 3.05) is 11.5 Å². The van der Waals surface area contributed by atoms with Gasteiger partial charge in [-0.1, -0.05) is 6.07 Å². The van der Waals surface area contributed by atoms with Gasteiger partial charge < -0.3 is 16.8 Å². The number of nitrogens with one attached hydrogen (secondary N) is 1. The van der Waals surface area contributed by atoms with Gasteiger partial charge in [0.25, 0.3) is 0 Å². The molecule has 4 rings (SSSR count). The molecule has 1 amide bonds. The fourth-order valence-corrected chi connectivity index (χ4v) is 2.62. The van der Waals surface area contributed by atoms with Crippen LogP contribution in [0.25, 0.3) is 22.2 Å². The zero-order chi connectivity index (χ0) is 16.0. The van der Waals surface area contributed by atoms with Crippen molar-refractivity contribution < 1.29 is 4.79 Å². The van der Waals surface area contributed by atoms with Crippen LogP contribution in [0.15, 0.2) is 36.7 Å². The molecule has 116 valence electrons. The molecule has 0 radical (unpaired) electrons. The van der Waals surface area contributed by atoms with Gasteiger partial charge in [0.15, 0.2) is 0 Å². The molecule has 0 unspecified atom stereocenters. The normalized spacial score (nSPS) is 14.1. The molecule has 0 atom stereocenters. The van der Waals surface area contributed by atoms with Crippen molar-refractivity contribution in [1.29, 1.82) is 0 Å². The number of fused-ring (bicyclic) bond motifs is 1. The van der Waals surface area contributed by atoms with Crippen molar-refractivity contribution in [2.45, 2.75) is 18.9 Å². The average Bonchev–Trinajstić information content (AvgIpc) is 3.26. The second kappa shape index (κ2) is 4.98. The molecule has 7 nitrogen and oxygen atoms in total. The van der Waals surface area contributed by atoms with E-state index in [1.54, 1.807) is 12.1 Å². The molecule has 1 aromatic carbocycles. The van der Waals surface area contributed by atoms with Crippen LogP contribution < -0.4 is 16.8 Å². The van der Waals surface area contributed by atoms with E-state index in [0.717, 1.165) is 35.0 Å². The third-order valence-electron chi connectivity index (χ3n) is 3.92. The molecular formula is C16H16N6O. The van der Waals surface area contributed by atoms with E-state index < -0.39 is 0 Å². The fourth-order valence-electron chi connectivity index (χ4n) is 2.62. The Hall–Kier alpha value is -3.09. The summed E-state index contributed by atoms with van der Waals surface area (Å²) in [5, 5.41) is 3.83. The largest absolute Gasteiger partial charge is 0.385 e. The van der Waals surface area contributed by atoms with Gasteiger partial charge in [-0.2, -0.15) is 0 Å². The average molecular weight is 308 g/mol. The van der Waals surface area contributed by atoms with Crippen molar-refractivity contribution in [3.63, 3.8) is 0 Å². The van der Waals surface area contributed by atoms with Crippen LogP contribution in [-0.4, -0.2) is 26.6 Å². The van der Waals surface area contributed by atoms with Gasteiger partial charge in [-0.3, -0.25) is 0 Å². The summed E-state index contributed by atoms with van der Waals surface area (Å²) in [4.78, 5) is 20.4. The van der Waals surface area contributed by atoms with E-state index in [2.05, 4.69) is 15.3 Å². The predicted molar refractivity (Wildman–Crippen MR) is 88.7 cm³/mol. The van der Waals surface area contributed by atoms with Crippen LogP contribution in [0.3, 0.4) is 0 Å². The predicted octanol–water partition coefficient (Wildman–Crippen LogP) is 1.98. The number of carbonyl (C=O) groups excluding carboxylic acids is 1. The van der Waals surface area contributed by atoms with Crippen molar-refractivity contribution >= 4 is 28.6 Å². The van der Waals surface area contributed by atoms with Crippen LogP contribution in [0, 0.1) is 0 Å². The second-order valence-corrected chi connectivity index (χ2v) is 5.73. The van der Waals surface area contributed by atoms with E-state index in [-0.39, 0.29) is 12.1 Å². The quantitative estimate of drug-likeness (QED) is 0.670. The van der Waals surface area contributed by atoms with E-state index in [4.69, 9.17) is 11.5 Å². The Morgan fingerprint density at radius 3 is 2.74 bits per heavy atom. The lowest BCUT2D eigenvalue weighted by Gasteiger charge is -2.08. The molecule has 23 heavy (non-hydrogen) atoms. The molecule has 0 saturated heterocycles. The molecular weight excluding hydrogens is 292 g/mol. The summed E-state index contributed by atoms with van der Waals surface area (Å²) >= 11 is 0. The SMILES string of the molecule is Nc1cc(-c2ccc3c(c2)cc(N)n3C(=O)NC2CC2)ncn1. The third kappa shape index (κ3) is 2.46. The fraction of sp³-hybridized carbons (Fsp3) is 0.188. The molecule has 1 aliphatic rings. The standard InChI is InChI=1S/C16H16N6O/c17-14-7-12(19-8-20-14)9-1-4-13-10(5-9)6-15(18)22(13)16(23)21-11-2-3-11/h1,4-8,11H,2-3,18H2,(H,21,23)(H2,17,19,20). The van der Waals surface area contributed by atoms with E-state index in [0.29, 0.717) is 11.6 Å². The monoisotopic (exact) mass is 308 g/mol. The van der Waals surface area contributed by atoms with E-state index in [1.807, 2.05) is 18.2 Å². The van der Waals surface area contributed by atoms with Gasteiger partial charge in [0.1, 0.15) is 18.0 Å². The highest BCUT2D eigenvalue weighted by atomic mass is 16.2. The minimum Gasteiger partial charge on any atom is -0.385 e. The highest BCUT2D eigenvalue weighted by molar-refractivity contribution is 5.97. The molecule has 0 spiro atoms. The maximum atomic E-state index is 12.3. The summed E-state index contributed by atoms with van der Waals surface area (Å²) in [7, 11) is 0. The Balaban J connectivity index is 1.77. The van der Waals surface area contributed by atoms with E-state index >= 15 is 0 Å². The Morgan fingerprint density at radius 1 is 1.17 bits per heavy atom. The van der Waals surface area contributed by atoms with Gasteiger partial charge in [-0.25, -0.2) is 19.3 Å². The summed E-state index contributed by atoms with van der Waals surface area (Å²) < 4.78 is 1.51. The van der Waals surface area contributed by atoms with Gasteiger partial charge in [0.2, 0.25) is 0 Å². The maximum absolute atomic E-state index is 12.3. The number of nitrogen functional groups attached to an aromatic ring is 2. The number of amides is 1. The summed E-state index contributed by atoms with van der Waals surface area (Å²) in [6, 6.07) is 9.29. The van der Waals surface area contributed by atoms with Gasteiger partial charge >= 0.3 is 6.03 Å². The summed E-state index contributed by atoms with van der Waals surface area (Å²) in [6.45, 7) is 0. The van der Waals surface area contributed by atoms with E-state index in [9.17, 15) is 4.79 Å². The number of hydrogen-bond acceptors (Lipinski definition) is 5. The summed E-state index contributed by atoms with van der Waals surface area (Å²) in [5.41, 5.74) is 14.1. The minimum atomic E-state index is -0.181. The minimum absolute atomic E-state index is 0.181. The lowest BCUT2D eigenvalue weighted by molar-refractivity contribution is 0.243. The van der Waals surface area contributed by atoms with Crippen molar-refractivity contribution in [3.8, 4) is 11.3 Å². The third-order valence-corrected chi connectivity index (χ3v) is 3.92. The molecule has 0 bridgehead atoms. The summed E-state index contributed by atoms with van der Waals surface area (Å²) in [5.74, 6) is 0.827. The second-order valence-electron chi connectivity index (χ2n) is 5.73.